The Bertz CT molecular complexity index is 2220. The normalized spacial score (nSPS) is 15.0. The Morgan fingerprint density at radius 3 is 1.82 bits per heavy atom. The van der Waals surface area contributed by atoms with Crippen LogP contribution in [0.1, 0.15) is 47.2 Å². The molecule has 1 heterocycles. The summed E-state index contributed by atoms with van der Waals surface area (Å²) in [5, 5.41) is 2.64. The summed E-state index contributed by atoms with van der Waals surface area (Å²) in [6.07, 6.45) is 0. The van der Waals surface area contributed by atoms with Gasteiger partial charge in [0.05, 0.1) is 5.41 Å². The first-order chi connectivity index (χ1) is 22.1. The quantitative estimate of drug-likeness (QED) is 0.203. The number of rotatable bonds is 3. The minimum atomic E-state index is -0.506. The van der Waals surface area contributed by atoms with Crippen LogP contribution in [0.15, 0.2) is 158 Å². The molecule has 9 rings (SSSR count). The Kier molecular flexibility index (Phi) is 5.53. The van der Waals surface area contributed by atoms with Gasteiger partial charge in [0.2, 0.25) is 0 Å². The molecule has 0 spiro atoms. The summed E-state index contributed by atoms with van der Waals surface area (Å²) in [7, 11) is 0. The maximum absolute atomic E-state index is 6.77. The fourth-order valence-corrected chi connectivity index (χ4v) is 8.17. The van der Waals surface area contributed by atoms with Crippen LogP contribution in [0.2, 0.25) is 0 Å². The zero-order valence-corrected chi connectivity index (χ0v) is 25.4. The lowest BCUT2D eigenvalue weighted by Crippen LogP contribution is -2.34. The van der Waals surface area contributed by atoms with Gasteiger partial charge in [0.25, 0.3) is 0 Å². The molecule has 0 aromatic heterocycles. The number of hydrogen-bond acceptors (Lipinski definition) is 1. The summed E-state index contributed by atoms with van der Waals surface area (Å²) >= 11 is 0. The van der Waals surface area contributed by atoms with Gasteiger partial charge in [-0.05, 0) is 73.5 Å². The highest BCUT2D eigenvalue weighted by Gasteiger charge is 2.45. The summed E-state index contributed by atoms with van der Waals surface area (Å²) in [5.41, 5.74) is 12.0. The Hall–Kier alpha value is -5.40. The van der Waals surface area contributed by atoms with Crippen molar-refractivity contribution < 1.29 is 4.74 Å². The predicted molar refractivity (Wildman–Crippen MR) is 185 cm³/mol. The summed E-state index contributed by atoms with van der Waals surface area (Å²) in [6.45, 7) is 4.74. The van der Waals surface area contributed by atoms with E-state index < -0.39 is 5.41 Å². The lowest BCUT2D eigenvalue weighted by atomic mass is 9.63. The Labute approximate surface area is 264 Å². The first-order valence-corrected chi connectivity index (χ1v) is 15.8. The van der Waals surface area contributed by atoms with Gasteiger partial charge in [-0.3, -0.25) is 0 Å². The maximum Gasteiger partial charge on any atom is 0.132 e. The molecule has 0 unspecified atom stereocenters. The van der Waals surface area contributed by atoms with Crippen LogP contribution in [-0.4, -0.2) is 0 Å². The lowest BCUT2D eigenvalue weighted by Gasteiger charge is -2.41. The van der Waals surface area contributed by atoms with E-state index in [0.717, 1.165) is 28.2 Å². The van der Waals surface area contributed by atoms with Crippen molar-refractivity contribution in [3.63, 3.8) is 0 Å². The van der Waals surface area contributed by atoms with Crippen molar-refractivity contribution in [1.29, 1.82) is 0 Å². The Balaban J connectivity index is 1.24. The Morgan fingerprint density at radius 2 is 1.04 bits per heavy atom. The van der Waals surface area contributed by atoms with Crippen LogP contribution in [0.25, 0.3) is 33.0 Å². The monoisotopic (exact) mass is 576 g/mol. The van der Waals surface area contributed by atoms with Crippen LogP contribution in [-0.2, 0) is 10.8 Å². The second-order valence-electron chi connectivity index (χ2n) is 12.9. The molecule has 1 aliphatic heterocycles. The van der Waals surface area contributed by atoms with E-state index in [0.29, 0.717) is 0 Å². The molecule has 0 saturated carbocycles. The Morgan fingerprint density at radius 1 is 0.444 bits per heavy atom. The maximum atomic E-state index is 6.77. The second-order valence-corrected chi connectivity index (χ2v) is 12.9. The number of benzene rings is 7. The average Bonchev–Trinajstić information content (AvgIpc) is 3.33. The van der Waals surface area contributed by atoms with Gasteiger partial charge < -0.3 is 4.74 Å². The van der Waals surface area contributed by atoms with E-state index in [-0.39, 0.29) is 5.41 Å². The SMILES string of the molecule is CC1(C)c2cc(-c3ccc4c(c3)Oc3ccccc3C4(c3ccccc3)c3ccccc3)ccc2-c2ccc3ccccc3c21. The zero-order valence-electron chi connectivity index (χ0n) is 25.4. The molecular formula is C44H32O. The highest BCUT2D eigenvalue weighted by atomic mass is 16.5. The van der Waals surface area contributed by atoms with Crippen LogP contribution in [0.4, 0.5) is 0 Å². The van der Waals surface area contributed by atoms with Crippen molar-refractivity contribution in [1.82, 2.24) is 0 Å². The smallest absolute Gasteiger partial charge is 0.132 e. The molecule has 0 N–H and O–H groups in total. The summed E-state index contributed by atoms with van der Waals surface area (Å²) in [4.78, 5) is 0. The van der Waals surface area contributed by atoms with Crippen LogP contribution in [0.3, 0.4) is 0 Å². The number of para-hydroxylation sites is 1. The van der Waals surface area contributed by atoms with Crippen LogP contribution in [0.5, 0.6) is 11.5 Å². The van der Waals surface area contributed by atoms with Gasteiger partial charge in [0, 0.05) is 16.5 Å². The van der Waals surface area contributed by atoms with Crippen molar-refractivity contribution in [2.45, 2.75) is 24.7 Å². The van der Waals surface area contributed by atoms with E-state index in [1.807, 2.05) is 0 Å². The van der Waals surface area contributed by atoms with Crippen LogP contribution >= 0.6 is 0 Å². The van der Waals surface area contributed by atoms with E-state index in [2.05, 4.69) is 172 Å². The van der Waals surface area contributed by atoms with E-state index >= 15 is 0 Å². The molecule has 214 valence electrons. The third kappa shape index (κ3) is 3.61. The minimum absolute atomic E-state index is 0.110. The van der Waals surface area contributed by atoms with Crippen molar-refractivity contribution in [2.75, 3.05) is 0 Å². The molecule has 0 saturated heterocycles. The summed E-state index contributed by atoms with van der Waals surface area (Å²) in [5.74, 6) is 1.79. The van der Waals surface area contributed by atoms with Gasteiger partial charge in [0.1, 0.15) is 11.5 Å². The van der Waals surface area contributed by atoms with Crippen molar-refractivity contribution in [3.05, 3.63) is 191 Å². The highest BCUT2D eigenvalue weighted by Crippen LogP contribution is 2.56. The second kappa shape index (κ2) is 9.55. The number of ether oxygens (including phenoxy) is 1. The molecule has 1 aliphatic carbocycles. The number of hydrogen-bond donors (Lipinski definition) is 0. The molecule has 1 heteroatoms. The fraction of sp³-hybridized carbons (Fsp3) is 0.0909. The molecule has 45 heavy (non-hydrogen) atoms. The van der Waals surface area contributed by atoms with Crippen LogP contribution < -0.4 is 4.74 Å². The third-order valence-electron chi connectivity index (χ3n) is 10.2. The molecule has 0 radical (unpaired) electrons. The average molecular weight is 577 g/mol. The van der Waals surface area contributed by atoms with Gasteiger partial charge in [-0.1, -0.05) is 153 Å². The first kappa shape index (κ1) is 26.0. The predicted octanol–water partition coefficient (Wildman–Crippen LogP) is 11.3. The van der Waals surface area contributed by atoms with Gasteiger partial charge in [-0.2, -0.15) is 0 Å². The number of fused-ring (bicyclic) bond motifs is 7. The van der Waals surface area contributed by atoms with E-state index in [1.54, 1.807) is 0 Å². The van der Waals surface area contributed by atoms with Gasteiger partial charge >= 0.3 is 0 Å². The molecule has 0 atom stereocenters. The summed E-state index contributed by atoms with van der Waals surface area (Å²) in [6, 6.07) is 57.4. The molecule has 0 amide bonds. The first-order valence-electron chi connectivity index (χ1n) is 15.8. The van der Waals surface area contributed by atoms with Gasteiger partial charge in [0.15, 0.2) is 0 Å². The lowest BCUT2D eigenvalue weighted by molar-refractivity contribution is 0.435. The molecule has 7 aromatic carbocycles. The van der Waals surface area contributed by atoms with Crippen molar-refractivity contribution in [2.24, 2.45) is 0 Å². The summed E-state index contributed by atoms with van der Waals surface area (Å²) < 4.78 is 6.77. The van der Waals surface area contributed by atoms with Gasteiger partial charge in [-0.15, -0.1) is 0 Å². The molecule has 7 aromatic rings. The fourth-order valence-electron chi connectivity index (χ4n) is 8.17. The largest absolute Gasteiger partial charge is 0.457 e. The molecular weight excluding hydrogens is 544 g/mol. The van der Waals surface area contributed by atoms with Crippen LogP contribution in [0, 0.1) is 0 Å². The van der Waals surface area contributed by atoms with Crippen molar-refractivity contribution >= 4 is 10.8 Å². The highest BCUT2D eigenvalue weighted by molar-refractivity contribution is 5.98. The van der Waals surface area contributed by atoms with E-state index in [4.69, 9.17) is 4.74 Å². The van der Waals surface area contributed by atoms with Crippen molar-refractivity contribution in [3.8, 4) is 33.8 Å². The molecule has 0 bridgehead atoms. The third-order valence-corrected chi connectivity index (χ3v) is 10.2. The molecule has 2 aliphatic rings. The van der Waals surface area contributed by atoms with Gasteiger partial charge in [-0.25, -0.2) is 0 Å². The topological polar surface area (TPSA) is 9.23 Å². The van der Waals surface area contributed by atoms with E-state index in [9.17, 15) is 0 Å². The molecule has 1 nitrogen and oxygen atoms in total. The standard InChI is InChI=1S/C44H32O/c1-43(2)39-27-30(22-24-35(39)36-25-21-29-13-9-10-18-34(29)42(36)43)31-23-26-38-41(28-31)45-40-20-12-11-19-37(40)44(38,32-14-5-3-6-15-32)33-16-7-4-8-17-33/h3-28H,1-2H3. The zero-order chi connectivity index (χ0) is 30.2. The minimum Gasteiger partial charge on any atom is -0.457 e. The molecule has 0 fully saturated rings. The van der Waals surface area contributed by atoms with E-state index in [1.165, 1.54) is 49.7 Å².